The minimum absolute atomic E-state index is 0.902. The molecule has 0 spiro atoms. The molecule has 8 aromatic carbocycles. The zero-order chi connectivity index (χ0) is 35.6. The molecule has 5 heteroatoms. The number of thiophene rings is 1. The maximum Gasteiger partial charge on any atom is 0.143 e. The number of para-hydroxylation sites is 2. The second-order valence-electron chi connectivity index (χ2n) is 13.5. The van der Waals surface area contributed by atoms with Crippen molar-refractivity contribution in [2.24, 2.45) is 0 Å². The lowest BCUT2D eigenvalue weighted by Gasteiger charge is -2.26. The van der Waals surface area contributed by atoms with Crippen LogP contribution in [0.1, 0.15) is 0 Å². The van der Waals surface area contributed by atoms with Crippen molar-refractivity contribution in [1.82, 2.24) is 4.98 Å². The van der Waals surface area contributed by atoms with E-state index in [4.69, 9.17) is 9.40 Å². The van der Waals surface area contributed by atoms with Crippen LogP contribution in [0.15, 0.2) is 186 Å². The second kappa shape index (κ2) is 12.6. The first-order chi connectivity index (χ1) is 26.7. The van der Waals surface area contributed by atoms with Gasteiger partial charge in [-0.15, -0.1) is 22.7 Å². The molecule has 11 rings (SSSR count). The van der Waals surface area contributed by atoms with Gasteiger partial charge >= 0.3 is 0 Å². The fraction of sp³-hybridized carbons (Fsp3) is 0. The predicted molar refractivity (Wildman–Crippen MR) is 231 cm³/mol. The van der Waals surface area contributed by atoms with E-state index in [9.17, 15) is 0 Å². The highest BCUT2D eigenvalue weighted by molar-refractivity contribution is 7.26. The molecule has 0 atom stereocenters. The molecule has 0 radical (unpaired) electrons. The van der Waals surface area contributed by atoms with Gasteiger partial charge in [0.05, 0.1) is 10.2 Å². The van der Waals surface area contributed by atoms with Crippen molar-refractivity contribution in [3.05, 3.63) is 182 Å². The summed E-state index contributed by atoms with van der Waals surface area (Å²) in [5, 5.41) is 5.78. The quantitative estimate of drug-likeness (QED) is 0.171. The molecular formula is C49H30N2OS2. The molecule has 54 heavy (non-hydrogen) atoms. The summed E-state index contributed by atoms with van der Waals surface area (Å²) < 4.78 is 10.2. The van der Waals surface area contributed by atoms with Gasteiger partial charge in [-0.05, 0) is 71.3 Å². The number of rotatable bonds is 6. The van der Waals surface area contributed by atoms with Crippen molar-refractivity contribution < 1.29 is 4.42 Å². The van der Waals surface area contributed by atoms with Crippen LogP contribution in [0.25, 0.3) is 85.2 Å². The van der Waals surface area contributed by atoms with Gasteiger partial charge in [0.1, 0.15) is 16.2 Å². The van der Waals surface area contributed by atoms with Crippen LogP contribution < -0.4 is 4.90 Å². The molecule has 0 saturated carbocycles. The highest BCUT2D eigenvalue weighted by atomic mass is 32.1. The molecule has 0 aliphatic heterocycles. The van der Waals surface area contributed by atoms with Gasteiger partial charge in [0.2, 0.25) is 0 Å². The number of furan rings is 1. The number of nitrogens with zero attached hydrogens (tertiary/aromatic N) is 2. The molecular weight excluding hydrogens is 697 g/mol. The van der Waals surface area contributed by atoms with Crippen LogP contribution in [0.4, 0.5) is 17.1 Å². The summed E-state index contributed by atoms with van der Waals surface area (Å²) >= 11 is 3.59. The fourth-order valence-corrected chi connectivity index (χ4v) is 9.87. The van der Waals surface area contributed by atoms with Gasteiger partial charge in [0.25, 0.3) is 0 Å². The Morgan fingerprint density at radius 3 is 1.94 bits per heavy atom. The van der Waals surface area contributed by atoms with E-state index >= 15 is 0 Å². The van der Waals surface area contributed by atoms with Gasteiger partial charge in [-0.2, -0.15) is 0 Å². The van der Waals surface area contributed by atoms with Gasteiger partial charge in [0, 0.05) is 59.1 Å². The van der Waals surface area contributed by atoms with E-state index in [1.807, 2.05) is 23.5 Å². The molecule has 254 valence electrons. The summed E-state index contributed by atoms with van der Waals surface area (Å²) in [5.41, 5.74) is 11.9. The van der Waals surface area contributed by atoms with Crippen molar-refractivity contribution in [2.45, 2.75) is 0 Å². The normalized spacial score (nSPS) is 11.7. The van der Waals surface area contributed by atoms with Crippen LogP contribution in [-0.4, -0.2) is 4.98 Å². The van der Waals surface area contributed by atoms with Crippen LogP contribution >= 0.6 is 22.7 Å². The van der Waals surface area contributed by atoms with Gasteiger partial charge < -0.3 is 9.32 Å². The van der Waals surface area contributed by atoms with Gasteiger partial charge in [0.15, 0.2) is 0 Å². The summed E-state index contributed by atoms with van der Waals surface area (Å²) in [6, 6.07) is 64.9. The van der Waals surface area contributed by atoms with Crippen molar-refractivity contribution >= 4 is 92.1 Å². The lowest BCUT2D eigenvalue weighted by Crippen LogP contribution is -2.10. The van der Waals surface area contributed by atoms with Crippen LogP contribution in [0.5, 0.6) is 0 Å². The summed E-state index contributed by atoms with van der Waals surface area (Å²) in [6.45, 7) is 0. The fourth-order valence-electron chi connectivity index (χ4n) is 7.75. The highest BCUT2D eigenvalue weighted by Crippen LogP contribution is 2.45. The van der Waals surface area contributed by atoms with Gasteiger partial charge in [-0.25, -0.2) is 4.98 Å². The van der Waals surface area contributed by atoms with E-state index in [0.717, 1.165) is 66.2 Å². The standard InChI is InChI=1S/C49H30N2OS2/c1-3-11-31(12-4-1)32-21-23-35(24-22-32)51(36-16-9-15-34(29-36)38-18-10-19-40-39-17-7-8-20-42(39)52-48(38)40)37-25-26-41-45(30-37)53-43-27-28-44-47(46(41)43)50-49(54-44)33-13-5-2-6-14-33/h1-30H. The molecule has 0 aliphatic carbocycles. The second-order valence-corrected chi connectivity index (χ2v) is 15.6. The maximum atomic E-state index is 6.48. The Balaban J connectivity index is 1.07. The molecule has 0 saturated heterocycles. The van der Waals surface area contributed by atoms with Crippen molar-refractivity contribution in [2.75, 3.05) is 4.90 Å². The summed E-state index contributed by atoms with van der Waals surface area (Å²) in [5.74, 6) is 0. The zero-order valence-electron chi connectivity index (χ0n) is 28.9. The minimum atomic E-state index is 0.902. The first-order valence-corrected chi connectivity index (χ1v) is 19.7. The van der Waals surface area contributed by atoms with E-state index in [-0.39, 0.29) is 0 Å². The van der Waals surface area contributed by atoms with E-state index in [1.54, 1.807) is 11.3 Å². The predicted octanol–water partition coefficient (Wildman–Crippen LogP) is 15.0. The Bertz CT molecular complexity index is 3160. The number of aromatic nitrogens is 1. The molecule has 0 bridgehead atoms. The monoisotopic (exact) mass is 726 g/mol. The topological polar surface area (TPSA) is 29.3 Å². The first kappa shape index (κ1) is 31.0. The van der Waals surface area contributed by atoms with Crippen molar-refractivity contribution in [3.63, 3.8) is 0 Å². The Morgan fingerprint density at radius 1 is 0.426 bits per heavy atom. The number of thiazole rings is 1. The lowest BCUT2D eigenvalue weighted by atomic mass is 10.0. The SMILES string of the molecule is c1ccc(-c2ccc(N(c3cccc(-c4cccc5c4oc4ccccc45)c3)c3ccc4c(c3)sc3ccc5sc(-c6ccccc6)nc5c34)cc2)cc1. The van der Waals surface area contributed by atoms with Gasteiger partial charge in [-0.1, -0.05) is 127 Å². The molecule has 0 fully saturated rings. The molecule has 3 nitrogen and oxygen atoms in total. The van der Waals surface area contributed by atoms with Crippen molar-refractivity contribution in [3.8, 4) is 32.8 Å². The maximum absolute atomic E-state index is 6.48. The number of fused-ring (bicyclic) bond motifs is 8. The van der Waals surface area contributed by atoms with Gasteiger partial charge in [-0.3, -0.25) is 0 Å². The summed E-state index contributed by atoms with van der Waals surface area (Å²) in [4.78, 5) is 7.57. The van der Waals surface area contributed by atoms with Crippen molar-refractivity contribution in [1.29, 1.82) is 0 Å². The van der Waals surface area contributed by atoms with E-state index in [1.165, 1.54) is 36.0 Å². The largest absolute Gasteiger partial charge is 0.455 e. The molecule has 0 aliphatic rings. The Hall–Kier alpha value is -6.53. The van der Waals surface area contributed by atoms with Crippen LogP contribution in [0.2, 0.25) is 0 Å². The molecule has 11 aromatic rings. The molecule has 0 amide bonds. The first-order valence-electron chi connectivity index (χ1n) is 18.0. The average Bonchev–Trinajstić information content (AvgIpc) is 3.95. The zero-order valence-corrected chi connectivity index (χ0v) is 30.6. The number of hydrogen-bond acceptors (Lipinski definition) is 5. The third kappa shape index (κ3) is 5.12. The highest BCUT2D eigenvalue weighted by Gasteiger charge is 2.19. The summed E-state index contributed by atoms with van der Waals surface area (Å²) in [7, 11) is 0. The Kier molecular flexibility index (Phi) is 7.22. The van der Waals surface area contributed by atoms with Crippen LogP contribution in [0, 0.1) is 0 Å². The van der Waals surface area contributed by atoms with E-state index < -0.39 is 0 Å². The third-order valence-electron chi connectivity index (χ3n) is 10.3. The molecule has 3 aromatic heterocycles. The smallest absolute Gasteiger partial charge is 0.143 e. The van der Waals surface area contributed by atoms with Crippen LogP contribution in [-0.2, 0) is 0 Å². The summed E-state index contributed by atoms with van der Waals surface area (Å²) in [6.07, 6.45) is 0. The average molecular weight is 727 g/mol. The van der Waals surface area contributed by atoms with E-state index in [2.05, 4.69) is 175 Å². The van der Waals surface area contributed by atoms with Crippen LogP contribution in [0.3, 0.4) is 0 Å². The number of anilines is 3. The van der Waals surface area contributed by atoms with E-state index in [0.29, 0.717) is 0 Å². The Labute approximate surface area is 319 Å². The molecule has 0 unspecified atom stereocenters. The molecule has 0 N–H and O–H groups in total. The number of hydrogen-bond donors (Lipinski definition) is 0. The Morgan fingerprint density at radius 2 is 1.09 bits per heavy atom. The lowest BCUT2D eigenvalue weighted by molar-refractivity contribution is 0.670. The number of benzene rings is 8. The third-order valence-corrected chi connectivity index (χ3v) is 12.5. The molecule has 3 heterocycles. The minimum Gasteiger partial charge on any atom is -0.455 e.